The van der Waals surface area contributed by atoms with Crippen LogP contribution in [0.1, 0.15) is 5.56 Å². The van der Waals surface area contributed by atoms with Crippen molar-refractivity contribution < 1.29 is 0 Å². The Labute approximate surface area is 90.1 Å². The molecule has 1 aliphatic rings. The second kappa shape index (κ2) is 4.73. The summed E-state index contributed by atoms with van der Waals surface area (Å²) in [5, 5.41) is 0. The van der Waals surface area contributed by atoms with Gasteiger partial charge in [-0.3, -0.25) is 0 Å². The zero-order valence-electron chi connectivity index (χ0n) is 7.37. The molecule has 1 nitrogen and oxygen atoms in total. The van der Waals surface area contributed by atoms with E-state index in [4.69, 9.17) is 11.6 Å². The van der Waals surface area contributed by atoms with Gasteiger partial charge in [0, 0.05) is 24.7 Å². The van der Waals surface area contributed by atoms with Gasteiger partial charge >= 0.3 is 0 Å². The maximum absolute atomic E-state index is 5.71. The van der Waals surface area contributed by atoms with Crippen LogP contribution in [0.5, 0.6) is 0 Å². The number of rotatable bonds is 2. The third-order valence-corrected chi connectivity index (χ3v) is 2.51. The minimum absolute atomic E-state index is 0. The Kier molecular flexibility index (Phi) is 3.89. The predicted molar refractivity (Wildman–Crippen MR) is 60.3 cm³/mol. The topological polar surface area (TPSA) is 3.24 Å². The average molecular weight is 218 g/mol. The molecule has 0 spiro atoms. The first-order chi connectivity index (χ1) is 5.92. The van der Waals surface area contributed by atoms with E-state index < -0.39 is 0 Å². The number of benzene rings is 1. The monoisotopic (exact) mass is 217 g/mol. The summed E-state index contributed by atoms with van der Waals surface area (Å²) >= 11 is 5.71. The summed E-state index contributed by atoms with van der Waals surface area (Å²) in [6, 6.07) is 8.56. The lowest BCUT2D eigenvalue weighted by atomic mass is 10.2. The van der Waals surface area contributed by atoms with Crippen LogP contribution >= 0.6 is 24.0 Å². The molecule has 0 amide bonds. The Bertz CT molecular complexity index is 273. The van der Waals surface area contributed by atoms with E-state index in [0.717, 1.165) is 13.1 Å². The van der Waals surface area contributed by atoms with E-state index in [-0.39, 0.29) is 12.4 Å². The lowest BCUT2D eigenvalue weighted by Gasteiger charge is -2.17. The van der Waals surface area contributed by atoms with E-state index in [1.165, 1.54) is 17.7 Å². The lowest BCUT2D eigenvalue weighted by molar-refractivity contribution is 0.872. The Morgan fingerprint density at radius 3 is 2.85 bits per heavy atom. The quantitative estimate of drug-likeness (QED) is 0.690. The van der Waals surface area contributed by atoms with Crippen LogP contribution in [-0.4, -0.2) is 19.0 Å². The van der Waals surface area contributed by atoms with Crippen molar-refractivity contribution in [2.24, 2.45) is 0 Å². The summed E-state index contributed by atoms with van der Waals surface area (Å²) in [5.41, 5.74) is 2.83. The summed E-state index contributed by atoms with van der Waals surface area (Å²) in [7, 11) is 0. The Morgan fingerprint density at radius 1 is 1.31 bits per heavy atom. The van der Waals surface area contributed by atoms with Crippen LogP contribution in [-0.2, 0) is 6.42 Å². The van der Waals surface area contributed by atoms with Gasteiger partial charge in [0.15, 0.2) is 0 Å². The van der Waals surface area contributed by atoms with Crippen molar-refractivity contribution in [1.29, 1.82) is 0 Å². The molecule has 72 valence electrons. The first kappa shape index (κ1) is 10.7. The van der Waals surface area contributed by atoms with Crippen molar-refractivity contribution in [2.75, 3.05) is 23.9 Å². The standard InChI is InChI=1S/C10H12ClN.ClH/c11-6-8-12-7-5-9-3-1-2-4-10(9)12;/h1-4H,5-8H2;1H. The largest absolute Gasteiger partial charge is 0.370 e. The average Bonchev–Trinajstić information content (AvgIpc) is 2.50. The molecule has 1 heterocycles. The van der Waals surface area contributed by atoms with Crippen molar-refractivity contribution >= 4 is 29.7 Å². The maximum Gasteiger partial charge on any atom is 0.0399 e. The van der Waals surface area contributed by atoms with Gasteiger partial charge in [-0.2, -0.15) is 0 Å². The van der Waals surface area contributed by atoms with Gasteiger partial charge in [-0.15, -0.1) is 24.0 Å². The lowest BCUT2D eigenvalue weighted by Crippen LogP contribution is -2.22. The Balaban J connectivity index is 0.000000845. The molecule has 0 atom stereocenters. The number of fused-ring (bicyclic) bond motifs is 1. The van der Waals surface area contributed by atoms with Crippen LogP contribution in [0.4, 0.5) is 5.69 Å². The highest BCUT2D eigenvalue weighted by Crippen LogP contribution is 2.26. The summed E-state index contributed by atoms with van der Waals surface area (Å²) < 4.78 is 0. The number of alkyl halides is 1. The minimum atomic E-state index is 0. The maximum atomic E-state index is 5.71. The normalized spacial score (nSPS) is 13.8. The van der Waals surface area contributed by atoms with Crippen LogP contribution in [0.25, 0.3) is 0 Å². The van der Waals surface area contributed by atoms with Crippen molar-refractivity contribution in [2.45, 2.75) is 6.42 Å². The second-order valence-corrected chi connectivity index (χ2v) is 3.43. The fourth-order valence-electron chi connectivity index (χ4n) is 1.74. The highest BCUT2D eigenvalue weighted by molar-refractivity contribution is 6.18. The molecule has 13 heavy (non-hydrogen) atoms. The van der Waals surface area contributed by atoms with Crippen LogP contribution in [0.15, 0.2) is 24.3 Å². The molecule has 0 unspecified atom stereocenters. The summed E-state index contributed by atoms with van der Waals surface area (Å²) in [5.74, 6) is 0.717. The van der Waals surface area contributed by atoms with Gasteiger partial charge in [-0.05, 0) is 18.1 Å². The van der Waals surface area contributed by atoms with Crippen LogP contribution in [0, 0.1) is 0 Å². The van der Waals surface area contributed by atoms with Crippen molar-refractivity contribution in [3.8, 4) is 0 Å². The molecule has 1 aromatic carbocycles. The van der Waals surface area contributed by atoms with Gasteiger partial charge < -0.3 is 4.90 Å². The third-order valence-electron chi connectivity index (χ3n) is 2.34. The molecule has 1 aromatic rings. The summed E-state index contributed by atoms with van der Waals surface area (Å²) in [4.78, 5) is 2.35. The van der Waals surface area contributed by atoms with Crippen molar-refractivity contribution in [3.63, 3.8) is 0 Å². The number of para-hydroxylation sites is 1. The van der Waals surface area contributed by atoms with Gasteiger partial charge in [0.05, 0.1) is 0 Å². The van der Waals surface area contributed by atoms with E-state index in [0.29, 0.717) is 5.88 Å². The van der Waals surface area contributed by atoms with E-state index >= 15 is 0 Å². The number of halogens is 2. The molecule has 0 fully saturated rings. The molecule has 3 heteroatoms. The van der Waals surface area contributed by atoms with Gasteiger partial charge in [0.25, 0.3) is 0 Å². The molecular weight excluding hydrogens is 205 g/mol. The number of anilines is 1. The van der Waals surface area contributed by atoms with Crippen LogP contribution in [0.2, 0.25) is 0 Å². The molecule has 0 aromatic heterocycles. The van der Waals surface area contributed by atoms with E-state index in [9.17, 15) is 0 Å². The SMILES string of the molecule is Cl.ClCCN1CCc2ccccc21. The fourth-order valence-corrected chi connectivity index (χ4v) is 1.94. The highest BCUT2D eigenvalue weighted by atomic mass is 35.5. The minimum Gasteiger partial charge on any atom is -0.370 e. The molecule has 1 aliphatic heterocycles. The fraction of sp³-hybridized carbons (Fsp3) is 0.400. The predicted octanol–water partition coefficient (Wildman–Crippen LogP) is 2.71. The number of hydrogen-bond donors (Lipinski definition) is 0. The van der Waals surface area contributed by atoms with Gasteiger partial charge in [-0.1, -0.05) is 18.2 Å². The number of nitrogens with zero attached hydrogens (tertiary/aromatic N) is 1. The zero-order chi connectivity index (χ0) is 8.39. The van der Waals surface area contributed by atoms with Gasteiger partial charge in [-0.25, -0.2) is 0 Å². The Morgan fingerprint density at radius 2 is 2.08 bits per heavy atom. The molecular formula is C10H13Cl2N. The van der Waals surface area contributed by atoms with Crippen LogP contribution < -0.4 is 4.90 Å². The first-order valence-electron chi connectivity index (χ1n) is 4.30. The van der Waals surface area contributed by atoms with Gasteiger partial charge in [0.2, 0.25) is 0 Å². The summed E-state index contributed by atoms with van der Waals surface area (Å²) in [6.45, 7) is 2.10. The first-order valence-corrected chi connectivity index (χ1v) is 4.84. The molecule has 0 saturated carbocycles. The van der Waals surface area contributed by atoms with Gasteiger partial charge in [0.1, 0.15) is 0 Å². The second-order valence-electron chi connectivity index (χ2n) is 3.05. The highest BCUT2D eigenvalue weighted by Gasteiger charge is 2.16. The van der Waals surface area contributed by atoms with E-state index in [1.54, 1.807) is 0 Å². The Hall–Kier alpha value is -0.400. The third kappa shape index (κ3) is 2.09. The van der Waals surface area contributed by atoms with Crippen molar-refractivity contribution in [1.82, 2.24) is 0 Å². The molecule has 0 bridgehead atoms. The molecule has 2 rings (SSSR count). The van der Waals surface area contributed by atoms with E-state index in [2.05, 4.69) is 29.2 Å². The van der Waals surface area contributed by atoms with E-state index in [1.807, 2.05) is 0 Å². The number of hydrogen-bond acceptors (Lipinski definition) is 1. The van der Waals surface area contributed by atoms with Crippen LogP contribution in [0.3, 0.4) is 0 Å². The van der Waals surface area contributed by atoms with Crippen molar-refractivity contribution in [3.05, 3.63) is 29.8 Å². The molecule has 0 N–H and O–H groups in total. The molecule has 0 radical (unpaired) electrons. The zero-order valence-corrected chi connectivity index (χ0v) is 8.94. The summed E-state index contributed by atoms with van der Waals surface area (Å²) in [6.07, 6.45) is 1.17. The smallest absolute Gasteiger partial charge is 0.0399 e. The molecule has 0 saturated heterocycles. The molecule has 0 aliphatic carbocycles.